The van der Waals surface area contributed by atoms with E-state index >= 15 is 0 Å². The number of benzene rings is 4. The summed E-state index contributed by atoms with van der Waals surface area (Å²) in [5, 5.41) is 7.80. The first-order chi connectivity index (χ1) is 25.7. The molecule has 0 unspecified atom stereocenters. The molecule has 7 rings (SSSR count). The zero-order chi connectivity index (χ0) is 37.2. The molecule has 0 aliphatic carbocycles. The Labute approximate surface area is 315 Å². The van der Waals surface area contributed by atoms with Gasteiger partial charge in [-0.3, -0.25) is 4.57 Å². The highest BCUT2D eigenvalue weighted by Crippen LogP contribution is 2.39. The van der Waals surface area contributed by atoms with E-state index in [9.17, 15) is 0 Å². The Morgan fingerprint density at radius 2 is 1.43 bits per heavy atom. The van der Waals surface area contributed by atoms with Crippen LogP contribution in [-0.2, 0) is 19.3 Å². The Bertz CT molecular complexity index is 2390. The van der Waals surface area contributed by atoms with E-state index in [4.69, 9.17) is 14.8 Å². The van der Waals surface area contributed by atoms with Crippen LogP contribution in [0, 0.1) is 20.8 Å². The van der Waals surface area contributed by atoms with Gasteiger partial charge in [0.25, 0.3) is 0 Å². The topological polar surface area (TPSA) is 44.9 Å². The minimum atomic E-state index is 0.315. The lowest BCUT2D eigenvalue weighted by molar-refractivity contribution is 0.481. The highest BCUT2D eigenvalue weighted by atomic mass is 16.5. The van der Waals surface area contributed by atoms with Gasteiger partial charge in [-0.1, -0.05) is 89.8 Å². The lowest BCUT2D eigenvalue weighted by Crippen LogP contribution is -2.05. The van der Waals surface area contributed by atoms with E-state index in [2.05, 4.69) is 150 Å². The Kier molecular flexibility index (Phi) is 10.5. The maximum absolute atomic E-state index is 6.85. The SMILES string of the molecule is CCCCc1ccnc(-n2c3ccccc3c3ccc(Oc4cc(C(C)C)cc(-n5nc(CCC)c(-c6c(C)cc(C)cc6C)c5CCC)c4)cc32)c1. The van der Waals surface area contributed by atoms with Crippen LogP contribution in [0.2, 0.25) is 0 Å². The molecule has 5 nitrogen and oxygen atoms in total. The molecule has 0 N–H and O–H groups in total. The van der Waals surface area contributed by atoms with E-state index in [1.807, 2.05) is 6.20 Å². The zero-order valence-corrected chi connectivity index (χ0v) is 32.9. The van der Waals surface area contributed by atoms with Crippen LogP contribution in [-0.4, -0.2) is 19.3 Å². The molecule has 272 valence electrons. The average molecular weight is 703 g/mol. The van der Waals surface area contributed by atoms with Gasteiger partial charge in [0.2, 0.25) is 0 Å². The summed E-state index contributed by atoms with van der Waals surface area (Å²) in [6, 6.07) is 30.8. The number of hydrogen-bond acceptors (Lipinski definition) is 3. The maximum atomic E-state index is 6.85. The number of aryl methyl sites for hydroxylation is 5. The van der Waals surface area contributed by atoms with Crippen LogP contribution < -0.4 is 4.74 Å². The van der Waals surface area contributed by atoms with Crippen molar-refractivity contribution in [3.05, 3.63) is 130 Å². The fraction of sp³-hybridized carbons (Fsp3) is 0.333. The molecule has 53 heavy (non-hydrogen) atoms. The first-order valence-electron chi connectivity index (χ1n) is 19.7. The van der Waals surface area contributed by atoms with Gasteiger partial charge in [-0.05, 0) is 123 Å². The standard InChI is InChI=1S/C48H54N4O/c1-9-12-17-35-22-23-49-46(26-35)51-43-19-14-13-18-40(43)41-21-20-38(30-45(41)51)53-39-28-36(31(4)5)27-37(29-39)52-44(16-11-3)48(42(50-52)15-10-2)47-33(7)24-32(6)25-34(47)8/h13-14,18-31H,9-12,15-17H2,1-8H3. The monoisotopic (exact) mass is 702 g/mol. The van der Waals surface area contributed by atoms with E-state index in [0.29, 0.717) is 5.92 Å². The number of pyridine rings is 1. The normalized spacial score (nSPS) is 11.7. The lowest BCUT2D eigenvalue weighted by atomic mass is 9.90. The fourth-order valence-corrected chi connectivity index (χ4v) is 8.10. The molecule has 0 saturated heterocycles. The first kappa shape index (κ1) is 36.2. The summed E-state index contributed by atoms with van der Waals surface area (Å²) in [4.78, 5) is 4.87. The van der Waals surface area contributed by atoms with Crippen LogP contribution in [0.4, 0.5) is 0 Å². The van der Waals surface area contributed by atoms with Crippen molar-refractivity contribution in [2.45, 2.75) is 106 Å². The van der Waals surface area contributed by atoms with Crippen LogP contribution in [0.25, 0.3) is 44.4 Å². The summed E-state index contributed by atoms with van der Waals surface area (Å²) in [6.45, 7) is 17.9. The quantitative estimate of drug-likeness (QED) is 0.120. The molecule has 5 heteroatoms. The second-order valence-corrected chi connectivity index (χ2v) is 15.1. The Balaban J connectivity index is 1.36. The molecule has 0 aliphatic rings. The van der Waals surface area contributed by atoms with Gasteiger partial charge in [-0.2, -0.15) is 5.10 Å². The third-order valence-electron chi connectivity index (χ3n) is 10.5. The van der Waals surface area contributed by atoms with Crippen molar-refractivity contribution in [3.63, 3.8) is 0 Å². The minimum absolute atomic E-state index is 0.315. The Morgan fingerprint density at radius 1 is 0.679 bits per heavy atom. The number of rotatable bonds is 13. The smallest absolute Gasteiger partial charge is 0.137 e. The second kappa shape index (κ2) is 15.4. The van der Waals surface area contributed by atoms with Gasteiger partial charge in [0.1, 0.15) is 17.3 Å². The Hall–Kier alpha value is -5.16. The lowest BCUT2D eigenvalue weighted by Gasteiger charge is -2.17. The highest BCUT2D eigenvalue weighted by Gasteiger charge is 2.23. The van der Waals surface area contributed by atoms with Gasteiger partial charge in [-0.25, -0.2) is 9.67 Å². The largest absolute Gasteiger partial charge is 0.457 e. The third kappa shape index (κ3) is 7.14. The molecule has 0 bridgehead atoms. The second-order valence-electron chi connectivity index (χ2n) is 15.1. The molecular formula is C48H54N4O. The first-order valence-corrected chi connectivity index (χ1v) is 19.7. The molecule has 0 aliphatic heterocycles. The molecule has 3 heterocycles. The minimum Gasteiger partial charge on any atom is -0.457 e. The van der Waals surface area contributed by atoms with Gasteiger partial charge < -0.3 is 4.74 Å². The van der Waals surface area contributed by atoms with Crippen molar-refractivity contribution >= 4 is 21.8 Å². The maximum Gasteiger partial charge on any atom is 0.137 e. The number of para-hydroxylation sites is 1. The van der Waals surface area contributed by atoms with Gasteiger partial charge in [0.05, 0.1) is 28.1 Å². The van der Waals surface area contributed by atoms with Crippen molar-refractivity contribution in [1.82, 2.24) is 19.3 Å². The van der Waals surface area contributed by atoms with E-state index in [0.717, 1.165) is 72.6 Å². The number of aromatic nitrogens is 4. The van der Waals surface area contributed by atoms with E-state index in [1.54, 1.807) is 0 Å². The van der Waals surface area contributed by atoms with Gasteiger partial charge >= 0.3 is 0 Å². The van der Waals surface area contributed by atoms with Crippen LogP contribution >= 0.6 is 0 Å². The third-order valence-corrected chi connectivity index (χ3v) is 10.5. The van der Waals surface area contributed by atoms with E-state index in [1.165, 1.54) is 67.5 Å². The van der Waals surface area contributed by atoms with Crippen molar-refractivity contribution in [2.75, 3.05) is 0 Å². The molecule has 0 saturated carbocycles. The summed E-state index contributed by atoms with van der Waals surface area (Å²) < 4.78 is 11.4. The van der Waals surface area contributed by atoms with Gasteiger partial charge in [0.15, 0.2) is 0 Å². The number of hydrogen-bond donors (Lipinski definition) is 0. The predicted molar refractivity (Wildman–Crippen MR) is 223 cm³/mol. The molecule has 0 fully saturated rings. The number of fused-ring (bicyclic) bond motifs is 3. The molecule has 0 radical (unpaired) electrons. The molecule has 7 aromatic rings. The van der Waals surface area contributed by atoms with Crippen LogP contribution in [0.5, 0.6) is 11.5 Å². The summed E-state index contributed by atoms with van der Waals surface area (Å²) in [7, 11) is 0. The summed E-state index contributed by atoms with van der Waals surface area (Å²) >= 11 is 0. The molecule has 0 spiro atoms. The van der Waals surface area contributed by atoms with Crippen molar-refractivity contribution < 1.29 is 4.74 Å². The van der Waals surface area contributed by atoms with Gasteiger partial charge in [0, 0.05) is 34.7 Å². The van der Waals surface area contributed by atoms with Crippen LogP contribution in [0.1, 0.15) is 105 Å². The molecule has 4 aromatic carbocycles. The van der Waals surface area contributed by atoms with Crippen LogP contribution in [0.15, 0.2) is 91.1 Å². The van der Waals surface area contributed by atoms with Gasteiger partial charge in [-0.15, -0.1) is 0 Å². The highest BCUT2D eigenvalue weighted by molar-refractivity contribution is 6.09. The molecular weight excluding hydrogens is 649 g/mol. The summed E-state index contributed by atoms with van der Waals surface area (Å²) in [6.07, 6.45) is 9.27. The Morgan fingerprint density at radius 3 is 2.17 bits per heavy atom. The fourth-order valence-electron chi connectivity index (χ4n) is 8.10. The van der Waals surface area contributed by atoms with Crippen molar-refractivity contribution in [1.29, 1.82) is 0 Å². The van der Waals surface area contributed by atoms with E-state index in [-0.39, 0.29) is 0 Å². The molecule has 3 aromatic heterocycles. The zero-order valence-electron chi connectivity index (χ0n) is 32.9. The van der Waals surface area contributed by atoms with Crippen molar-refractivity contribution in [3.8, 4) is 34.1 Å². The molecule has 0 amide bonds. The number of ether oxygens (including phenoxy) is 1. The summed E-state index contributed by atoms with van der Waals surface area (Å²) in [5.74, 6) is 2.86. The predicted octanol–water partition coefficient (Wildman–Crippen LogP) is 13.1. The number of unbranched alkanes of at least 4 members (excludes halogenated alkanes) is 1. The number of nitrogens with zero attached hydrogens (tertiary/aromatic N) is 4. The van der Waals surface area contributed by atoms with Crippen molar-refractivity contribution in [2.24, 2.45) is 0 Å². The molecule has 0 atom stereocenters. The average Bonchev–Trinajstić information content (AvgIpc) is 3.65. The van der Waals surface area contributed by atoms with E-state index < -0.39 is 0 Å². The van der Waals surface area contributed by atoms with Crippen LogP contribution in [0.3, 0.4) is 0 Å². The summed E-state index contributed by atoms with van der Waals surface area (Å²) in [5.41, 5.74) is 14.8.